The van der Waals surface area contributed by atoms with Crippen LogP contribution in [0.2, 0.25) is 5.02 Å². The van der Waals surface area contributed by atoms with Crippen LogP contribution in [0.4, 0.5) is 5.82 Å². The van der Waals surface area contributed by atoms with E-state index in [1.165, 1.54) is 28.9 Å². The van der Waals surface area contributed by atoms with Crippen molar-refractivity contribution >= 4 is 40.1 Å². The van der Waals surface area contributed by atoms with Gasteiger partial charge < -0.3 is 19.9 Å². The number of fused-ring (bicyclic) bond motifs is 1. The second-order valence-electron chi connectivity index (χ2n) is 9.63. The molecule has 2 aliphatic heterocycles. The number of anilines is 1. The third-order valence-electron chi connectivity index (χ3n) is 7.47. The number of nitrogens with two attached hydrogens (primary N) is 1. The minimum absolute atomic E-state index is 0.0637. The second kappa shape index (κ2) is 9.71. The number of piperidine rings is 1. The van der Waals surface area contributed by atoms with Gasteiger partial charge in [-0.05, 0) is 31.9 Å². The molecule has 3 aromatic heterocycles. The monoisotopic (exact) mass is 539 g/mol. The van der Waals surface area contributed by atoms with Crippen LogP contribution in [0.15, 0.2) is 62.4 Å². The molecule has 1 aromatic carbocycles. The first-order valence-corrected chi connectivity index (χ1v) is 13.3. The van der Waals surface area contributed by atoms with E-state index in [1.807, 2.05) is 6.07 Å². The predicted octanol–water partition coefficient (Wildman–Crippen LogP) is 3.36. The molecule has 192 valence electrons. The molecule has 0 saturated carbocycles. The molecule has 0 bridgehead atoms. The molecule has 0 radical (unpaired) electrons. The average molecular weight is 540 g/mol. The van der Waals surface area contributed by atoms with E-state index in [9.17, 15) is 4.79 Å². The number of hydrogen-bond donors (Lipinski definition) is 1. The Kier molecular flexibility index (Phi) is 6.39. The van der Waals surface area contributed by atoms with Crippen molar-refractivity contribution in [1.29, 1.82) is 0 Å². The zero-order valence-corrected chi connectivity index (χ0v) is 21.8. The summed E-state index contributed by atoms with van der Waals surface area (Å²) in [6, 6.07) is 5.41. The summed E-state index contributed by atoms with van der Waals surface area (Å²) in [5.74, 6) is 1.39. The molecule has 2 fully saturated rings. The van der Waals surface area contributed by atoms with E-state index in [4.69, 9.17) is 26.6 Å². The molecule has 5 heterocycles. The van der Waals surface area contributed by atoms with Gasteiger partial charge in [-0.15, -0.1) is 0 Å². The fourth-order valence-corrected chi connectivity index (χ4v) is 6.28. The summed E-state index contributed by atoms with van der Waals surface area (Å²) in [5.41, 5.74) is 6.78. The lowest BCUT2D eigenvalue weighted by molar-refractivity contribution is 0.0974. The summed E-state index contributed by atoms with van der Waals surface area (Å²) in [5, 5.41) is 5.05. The van der Waals surface area contributed by atoms with Gasteiger partial charge in [-0.2, -0.15) is 0 Å². The van der Waals surface area contributed by atoms with Crippen molar-refractivity contribution in [2.45, 2.75) is 48.4 Å². The highest BCUT2D eigenvalue weighted by molar-refractivity contribution is 7.99. The molecule has 37 heavy (non-hydrogen) atoms. The molecular formula is C25H26ClN7O3S. The van der Waals surface area contributed by atoms with Crippen LogP contribution in [0, 0.1) is 5.41 Å². The van der Waals surface area contributed by atoms with E-state index >= 15 is 0 Å². The van der Waals surface area contributed by atoms with Gasteiger partial charge in [0, 0.05) is 35.5 Å². The Morgan fingerprint density at radius 3 is 2.70 bits per heavy atom. The summed E-state index contributed by atoms with van der Waals surface area (Å²) in [6.07, 6.45) is 8.60. The van der Waals surface area contributed by atoms with Gasteiger partial charge in [-0.25, -0.2) is 15.0 Å². The summed E-state index contributed by atoms with van der Waals surface area (Å²) in [7, 11) is 0. The molecule has 0 amide bonds. The molecule has 2 saturated heterocycles. The summed E-state index contributed by atoms with van der Waals surface area (Å²) in [6.45, 7) is 4.75. The highest BCUT2D eigenvalue weighted by Gasteiger charge is 2.47. The molecule has 2 aliphatic rings. The summed E-state index contributed by atoms with van der Waals surface area (Å²) in [4.78, 5) is 29.8. The summed E-state index contributed by atoms with van der Waals surface area (Å²) >= 11 is 8.06. The van der Waals surface area contributed by atoms with E-state index in [2.05, 4.69) is 31.9 Å². The standard InChI is InChI=1S/C25H26ClN7O3S/c1-15-23(27)25(13-35-15)5-8-32(9-6-25)19-10-29-20(11-28-19)37-18-3-2-17-21(22(18)26)24(34)33(14-30-17)12-16-4-7-31-36-16/h2-4,7,10-11,14-15,23H,5-6,8-9,12-13,27H2,1H3/t15-,23+/m0/s1. The van der Waals surface area contributed by atoms with Crippen LogP contribution in [0.1, 0.15) is 25.5 Å². The molecule has 0 aliphatic carbocycles. The van der Waals surface area contributed by atoms with Crippen molar-refractivity contribution in [2.24, 2.45) is 11.1 Å². The molecular weight excluding hydrogens is 514 g/mol. The van der Waals surface area contributed by atoms with Gasteiger partial charge in [0.1, 0.15) is 10.8 Å². The highest BCUT2D eigenvalue weighted by Crippen LogP contribution is 2.42. The minimum Gasteiger partial charge on any atom is -0.376 e. The lowest BCUT2D eigenvalue weighted by atomic mass is 9.73. The van der Waals surface area contributed by atoms with Gasteiger partial charge in [0.25, 0.3) is 5.56 Å². The molecule has 6 rings (SSSR count). The fourth-order valence-electron chi connectivity index (χ4n) is 5.16. The number of rotatable bonds is 5. The Morgan fingerprint density at radius 1 is 1.19 bits per heavy atom. The number of hydrogen-bond acceptors (Lipinski definition) is 10. The molecule has 0 unspecified atom stereocenters. The van der Waals surface area contributed by atoms with Crippen LogP contribution in [-0.4, -0.2) is 56.5 Å². The third kappa shape index (κ3) is 4.50. The average Bonchev–Trinajstić information content (AvgIpc) is 3.53. The van der Waals surface area contributed by atoms with Crippen molar-refractivity contribution in [3.05, 3.63) is 64.3 Å². The van der Waals surface area contributed by atoms with E-state index < -0.39 is 0 Å². The normalized spacial score (nSPS) is 21.2. The number of benzene rings is 1. The molecule has 1 spiro atoms. The summed E-state index contributed by atoms with van der Waals surface area (Å²) < 4.78 is 12.4. The first kappa shape index (κ1) is 24.4. The zero-order chi connectivity index (χ0) is 25.6. The minimum atomic E-state index is -0.250. The number of halogens is 1. The van der Waals surface area contributed by atoms with E-state index in [-0.39, 0.29) is 29.7 Å². The van der Waals surface area contributed by atoms with Crippen molar-refractivity contribution in [3.8, 4) is 0 Å². The van der Waals surface area contributed by atoms with Crippen LogP contribution in [0.3, 0.4) is 0 Å². The first-order valence-electron chi connectivity index (χ1n) is 12.1. The Balaban J connectivity index is 1.18. The first-order chi connectivity index (χ1) is 17.9. The fraction of sp³-hybridized carbons (Fsp3) is 0.400. The lowest BCUT2D eigenvalue weighted by Gasteiger charge is -2.41. The van der Waals surface area contributed by atoms with Crippen LogP contribution in [0.5, 0.6) is 0 Å². The Bertz CT molecular complexity index is 1470. The van der Waals surface area contributed by atoms with Crippen LogP contribution in [-0.2, 0) is 11.3 Å². The number of nitrogens with zero attached hydrogens (tertiary/aromatic N) is 6. The Morgan fingerprint density at radius 2 is 2.03 bits per heavy atom. The third-order valence-corrected chi connectivity index (χ3v) is 8.96. The SMILES string of the molecule is C[C@@H]1OCC2(CCN(c3cnc(Sc4ccc5ncn(Cc6ccno6)c(=O)c5c4Cl)cn3)CC2)[C@@H]1N. The Labute approximate surface area is 222 Å². The number of ether oxygens (including phenoxy) is 1. The van der Waals surface area contributed by atoms with Crippen molar-refractivity contribution < 1.29 is 9.26 Å². The van der Waals surface area contributed by atoms with E-state index in [0.29, 0.717) is 31.6 Å². The highest BCUT2D eigenvalue weighted by atomic mass is 35.5. The van der Waals surface area contributed by atoms with E-state index in [1.54, 1.807) is 24.5 Å². The molecule has 12 heteroatoms. The predicted molar refractivity (Wildman–Crippen MR) is 140 cm³/mol. The van der Waals surface area contributed by atoms with Crippen LogP contribution < -0.4 is 16.2 Å². The maximum Gasteiger partial charge on any atom is 0.263 e. The Hall–Kier alpha value is -2.99. The smallest absolute Gasteiger partial charge is 0.263 e. The van der Waals surface area contributed by atoms with Crippen molar-refractivity contribution in [2.75, 3.05) is 24.6 Å². The quantitative estimate of drug-likeness (QED) is 0.403. The molecule has 4 aromatic rings. The lowest BCUT2D eigenvalue weighted by Crippen LogP contribution is -2.50. The van der Waals surface area contributed by atoms with Crippen molar-refractivity contribution in [1.82, 2.24) is 24.7 Å². The van der Waals surface area contributed by atoms with Gasteiger partial charge in [-0.1, -0.05) is 28.5 Å². The maximum atomic E-state index is 13.1. The maximum absolute atomic E-state index is 13.1. The molecule has 10 nitrogen and oxygen atoms in total. The number of aromatic nitrogens is 5. The van der Waals surface area contributed by atoms with Gasteiger partial charge in [0.2, 0.25) is 0 Å². The van der Waals surface area contributed by atoms with Crippen LogP contribution >= 0.6 is 23.4 Å². The second-order valence-corrected chi connectivity index (χ2v) is 11.1. The molecule has 2 N–H and O–H groups in total. The van der Waals surface area contributed by atoms with Crippen molar-refractivity contribution in [3.63, 3.8) is 0 Å². The van der Waals surface area contributed by atoms with E-state index in [0.717, 1.165) is 38.4 Å². The largest absolute Gasteiger partial charge is 0.376 e. The zero-order valence-electron chi connectivity index (χ0n) is 20.2. The topological polar surface area (TPSA) is 125 Å². The molecule has 2 atom stereocenters. The van der Waals surface area contributed by atoms with Gasteiger partial charge >= 0.3 is 0 Å². The van der Waals surface area contributed by atoms with Crippen LogP contribution in [0.25, 0.3) is 10.9 Å². The van der Waals surface area contributed by atoms with Gasteiger partial charge in [0.05, 0.1) is 60.1 Å². The van der Waals surface area contributed by atoms with Gasteiger partial charge in [0.15, 0.2) is 5.76 Å². The van der Waals surface area contributed by atoms with Gasteiger partial charge in [-0.3, -0.25) is 9.36 Å².